The van der Waals surface area contributed by atoms with Crippen LogP contribution in [0.2, 0.25) is 5.02 Å². The summed E-state index contributed by atoms with van der Waals surface area (Å²) < 4.78 is 0. The Morgan fingerprint density at radius 1 is 0.407 bits per heavy atom. The molecule has 0 amide bonds. The van der Waals surface area contributed by atoms with E-state index in [1.165, 1.54) is 49.9 Å². The number of hydrogen-bond acceptors (Lipinski definition) is 25. The number of rotatable bonds is 19. The molecule has 24 nitrogen and oxygen atoms in total. The number of pyridine rings is 1. The Bertz CT molecular complexity index is 4780. The highest BCUT2D eigenvalue weighted by atomic mass is 35.5. The van der Waals surface area contributed by atoms with Gasteiger partial charge in [-0.3, -0.25) is 44.9 Å². The molecule has 0 spiro atoms. The van der Waals surface area contributed by atoms with Crippen molar-refractivity contribution >= 4 is 240 Å². The van der Waals surface area contributed by atoms with Gasteiger partial charge in [0, 0.05) is 86.3 Å². The van der Waals surface area contributed by atoms with Gasteiger partial charge < -0.3 is 72.6 Å². The summed E-state index contributed by atoms with van der Waals surface area (Å²) in [5.41, 5.74) is 36.8. The van der Waals surface area contributed by atoms with Crippen LogP contribution in [0, 0.1) is 0 Å². The number of amidine groups is 6. The number of imidazole rings is 1. The molecule has 0 fully saturated rings. The maximum Gasteiger partial charge on any atom is 0.185 e. The van der Waals surface area contributed by atoms with Gasteiger partial charge in [-0.25, -0.2) is 4.98 Å². The van der Waals surface area contributed by atoms with Crippen LogP contribution in [-0.2, 0) is 6.42 Å². The third-order valence-electron chi connectivity index (χ3n) is 19.5. The number of benzene rings is 5. The summed E-state index contributed by atoms with van der Waals surface area (Å²) >= 11 is 15.9. The van der Waals surface area contributed by atoms with Crippen LogP contribution in [0.5, 0.6) is 0 Å². The molecule has 19 rings (SSSR count). The summed E-state index contributed by atoms with van der Waals surface area (Å²) in [7, 11) is 0. The van der Waals surface area contributed by atoms with Gasteiger partial charge in [0.25, 0.3) is 0 Å². The molecule has 6 atom stereocenters. The second-order valence-corrected chi connectivity index (χ2v) is 32.7. The zero-order valence-corrected chi connectivity index (χ0v) is 76.3. The molecule has 626 valence electrons. The van der Waals surface area contributed by atoms with E-state index in [1.807, 2.05) is 91.3 Å². The maximum atomic E-state index is 9.42. The Balaban J connectivity index is 0.000000175. The number of aliphatic imine (C=N–C) groups is 8. The monoisotopic (exact) mass is 1830 g/mol. The molecule has 5 aromatic carbocycles. The van der Waals surface area contributed by atoms with Crippen LogP contribution < -0.4 is 22.9 Å². The third-order valence-corrected chi connectivity index (χ3v) is 25.2. The molecule has 0 unspecified atom stereocenters. The van der Waals surface area contributed by atoms with E-state index in [4.69, 9.17) is 34.5 Å². The van der Waals surface area contributed by atoms with Crippen LogP contribution in [0.25, 0.3) is 34.2 Å². The molecular weight excluding hydrogens is 1740 g/mol. The molecule has 12 N–H and O–H groups in total. The van der Waals surface area contributed by atoms with Crippen molar-refractivity contribution in [1.82, 2.24) is 44.4 Å². The molecule has 37 heteroatoms. The van der Waals surface area contributed by atoms with E-state index < -0.39 is 0 Å². The van der Waals surface area contributed by atoms with Crippen LogP contribution >= 0.6 is 163 Å². The molecule has 118 heavy (non-hydrogen) atoms. The summed E-state index contributed by atoms with van der Waals surface area (Å²) in [6.07, 6.45) is 12.2. The molecule has 14 heterocycles. The molecule has 12 aliphatic heterocycles. The van der Waals surface area contributed by atoms with Gasteiger partial charge in [0.1, 0.15) is 0 Å². The van der Waals surface area contributed by atoms with E-state index >= 15 is 0 Å². The molecular formula is C81H100ClN21O3S12. The van der Waals surface area contributed by atoms with E-state index in [9.17, 15) is 15.3 Å². The van der Waals surface area contributed by atoms with Crippen LogP contribution in [0.1, 0.15) is 71.7 Å². The first-order valence-corrected chi connectivity index (χ1v) is 42.6. The van der Waals surface area contributed by atoms with Gasteiger partial charge >= 0.3 is 0 Å². The Morgan fingerprint density at radius 2 is 0.746 bits per heavy atom. The number of guanidine groups is 2. The largest absolute Gasteiger partial charge is 0.394 e. The molecule has 0 saturated heterocycles. The lowest BCUT2D eigenvalue weighted by molar-refractivity contribution is 0.227. The number of nitrogens with zero attached hydrogens (tertiary/aromatic N) is 16. The first kappa shape index (κ1) is 96.1. The van der Waals surface area contributed by atoms with Gasteiger partial charge in [-0.05, 0) is 84.7 Å². The Morgan fingerprint density at radius 3 is 1.12 bits per heavy atom. The minimum Gasteiger partial charge on any atom is -0.394 e. The molecule has 0 saturated carbocycles. The number of nitrogens with one attached hydrogen (secondary N) is 1. The van der Waals surface area contributed by atoms with Crippen molar-refractivity contribution < 1.29 is 15.3 Å². The molecule has 2 aromatic heterocycles. The summed E-state index contributed by atoms with van der Waals surface area (Å²) in [5.74, 6) is 0.325. The first-order chi connectivity index (χ1) is 54.9. The quantitative estimate of drug-likeness (QED) is 0.0212. The number of H-pyrrole nitrogens is 1. The summed E-state index contributed by atoms with van der Waals surface area (Å²) in [4.78, 5) is 61.5. The van der Waals surface area contributed by atoms with Gasteiger partial charge in [-0.2, -0.15) is 81.0 Å². The predicted molar refractivity (Wildman–Crippen MR) is 533 cm³/mol. The summed E-state index contributed by atoms with van der Waals surface area (Å²) in [5, 5.41) is 45.9. The van der Waals surface area contributed by atoms with Gasteiger partial charge in [0.15, 0.2) is 42.9 Å². The van der Waals surface area contributed by atoms with Crippen molar-refractivity contribution in [3.8, 4) is 0 Å². The van der Waals surface area contributed by atoms with E-state index in [1.54, 1.807) is 83.1 Å². The fraction of sp³-hybridized carbons (Fsp3) is 0.284. The molecule has 0 bridgehead atoms. The average Bonchev–Trinajstić information content (AvgIpc) is 1.63. The van der Waals surface area contributed by atoms with Gasteiger partial charge in [-0.15, -0.1) is 0 Å². The number of aromatic amines is 1. The van der Waals surface area contributed by atoms with Gasteiger partial charge in [0.2, 0.25) is 0 Å². The Hall–Kier alpha value is -7.37. The lowest BCUT2D eigenvalue weighted by Gasteiger charge is -2.25. The zero-order chi connectivity index (χ0) is 77.3. The number of halogens is 1. The van der Waals surface area contributed by atoms with Crippen molar-refractivity contribution in [3.63, 3.8) is 0 Å². The molecule has 7 aromatic rings. The number of nitrogens with two attached hydrogens (primary N) is 4. The Kier molecular flexibility index (Phi) is 38.4. The van der Waals surface area contributed by atoms with Crippen LogP contribution in [-0.4, -0.2) is 211 Å². The van der Waals surface area contributed by atoms with Crippen molar-refractivity contribution in [2.75, 3.05) is 72.2 Å². The summed E-state index contributed by atoms with van der Waals surface area (Å²) in [6.45, 7) is 8.49. The highest BCUT2D eigenvalue weighted by Crippen LogP contribution is 2.46. The van der Waals surface area contributed by atoms with E-state index in [2.05, 4.69) is 197 Å². The minimum atomic E-state index is 0. The van der Waals surface area contributed by atoms with Crippen LogP contribution in [0.4, 0.5) is 0 Å². The number of aliphatic hydroxyl groups excluding tert-OH is 3. The van der Waals surface area contributed by atoms with E-state index in [0.717, 1.165) is 116 Å². The first-order valence-electron chi connectivity index (χ1n) is 37.0. The normalized spacial score (nSPS) is 20.3. The van der Waals surface area contributed by atoms with E-state index in [0.29, 0.717) is 50.8 Å². The summed E-state index contributed by atoms with van der Waals surface area (Å²) in [6, 6.07) is 54.8. The van der Waals surface area contributed by atoms with E-state index in [-0.39, 0.29) is 131 Å². The van der Waals surface area contributed by atoms with Crippen molar-refractivity contribution in [1.29, 1.82) is 0 Å². The lowest BCUT2D eigenvalue weighted by Crippen LogP contribution is -2.34. The second-order valence-electron chi connectivity index (χ2n) is 26.9. The highest BCUT2D eigenvalue weighted by molar-refractivity contribution is 8.18. The van der Waals surface area contributed by atoms with Crippen LogP contribution in [0.3, 0.4) is 0 Å². The molecule has 12 aliphatic rings. The lowest BCUT2D eigenvalue weighted by atomic mass is 10.1. The van der Waals surface area contributed by atoms with Gasteiger partial charge in [-0.1, -0.05) is 216 Å². The molecule has 0 aliphatic carbocycles. The van der Waals surface area contributed by atoms with Crippen molar-refractivity contribution in [3.05, 3.63) is 259 Å². The number of aliphatic hydroxyl groups is 3. The fourth-order valence-corrected chi connectivity index (χ4v) is 20.2. The number of aromatic nitrogens is 3. The maximum absolute atomic E-state index is 9.42. The fourth-order valence-electron chi connectivity index (χ4n) is 14.2. The average molecular weight is 1840 g/mol. The van der Waals surface area contributed by atoms with Crippen LogP contribution in [0.15, 0.2) is 255 Å². The predicted octanol–water partition coefficient (Wildman–Crippen LogP) is 12.8. The standard InChI is InChI=1S/C15H19N5S.C15H14N4S.C14H18N6S.C13H14N2OS.C12H11ClN2OS.C12H12N2OS.6H2S/c16-14(17)18-8-4-7-12-9-19-15-20(12)13(10-21-15)11-5-2-1-3-6-11;1-2-4-11(5-3-1)14-9-20-15-17-8-13(19(14)15)6-12-7-16-10-18-12;15-13(16)18-6-2-4-11-8-19-14-20(11)12(9-21-14)10-3-1-5-17-7-10;1-9-12(10-5-3-2-4-6-10)15-11(8-16)7-14-13(15)17-9;13-9-3-1-8(2-4-9)11-7-17-12-14-5-10(6-16)15(11)12;15-7-10-6-13-12-14(10)11(8-16-12)9-4-2-1-3-5-9;;;;;;/h1-3,5-6,10,12H,4,7-9H2,(H4,16,17,18);1-5,7,9-10,13H,6,8H2,(H,16,18);1,3,5,7,9,11H,2,4,6,8H2,(H4,15,16,18);2-6,11,16H,7-8H2,1H3;1-4,7,10,16H,5-6H2;1-5,8,10,15H,6-7H2;6*1H2/t12-;13-;2*11-;2*10-;;;;;;/m000000....../s1. The van der Waals surface area contributed by atoms with Gasteiger partial charge in [0.05, 0.1) is 136 Å². The molecule has 0 radical (unpaired) electrons. The number of fused-ring (bicyclic) bond motifs is 6. The number of allylic oxidation sites excluding steroid dienone is 1. The number of hydrogen-bond donors (Lipinski definition) is 8. The SMILES string of the molecule is C1=C(c2ccccc2)N2C(=NC[C@@H]2Cc2cnc[nH]2)S1.CC1=C(c2ccccc2)N2C(=NC[C@H]2CO)S1.NC(N)=NCCC[C@H]1CN=C2SC=C(c3ccccc3)N21.NC(N)=NCCC[C@H]1CN=C2SC=C(c3cccnc3)N21.OC[C@@H]1CN=C2SC=C(c3ccc(Cl)cc3)N21.OC[C@@H]1CN=C2SC=C(c3ccccc3)N21.S.S.S.S.S.S. The third kappa shape index (κ3) is 23.3. The van der Waals surface area contributed by atoms with Crippen molar-refractivity contribution in [2.45, 2.75) is 75.3 Å². The second kappa shape index (κ2) is 47.2. The minimum absolute atomic E-state index is 0. The number of thioether (sulfide) groups is 6. The van der Waals surface area contributed by atoms with Crippen molar-refractivity contribution in [2.24, 2.45) is 62.9 Å². The Labute approximate surface area is 762 Å². The zero-order valence-electron chi connectivity index (χ0n) is 64.6. The smallest absolute Gasteiger partial charge is 0.185 e. The highest BCUT2D eigenvalue weighted by Gasteiger charge is 2.41. The topological polar surface area (TPSA) is 325 Å².